The fourth-order valence-electron chi connectivity index (χ4n) is 3.70. The van der Waals surface area contributed by atoms with Crippen molar-refractivity contribution in [2.75, 3.05) is 25.0 Å². The van der Waals surface area contributed by atoms with Gasteiger partial charge in [-0.25, -0.2) is 0 Å². The maximum absolute atomic E-state index is 13.2. The molecular weight excluding hydrogens is 388 g/mol. The number of benzene rings is 2. The Morgan fingerprint density at radius 1 is 1.17 bits per heavy atom. The molecule has 1 amide bonds. The zero-order valence-corrected chi connectivity index (χ0v) is 17.6. The molecule has 0 aliphatic carbocycles. The minimum atomic E-state index is -0.431. The van der Waals surface area contributed by atoms with E-state index in [0.717, 1.165) is 11.1 Å². The summed E-state index contributed by atoms with van der Waals surface area (Å²) in [5, 5.41) is 3.62. The fourth-order valence-corrected chi connectivity index (χ4v) is 3.88. The zero-order valence-electron chi connectivity index (χ0n) is 16.9. The molecule has 1 saturated heterocycles. The Morgan fingerprint density at radius 3 is 2.48 bits per heavy atom. The van der Waals surface area contributed by atoms with Gasteiger partial charge in [0, 0.05) is 23.8 Å². The van der Waals surface area contributed by atoms with E-state index in [-0.39, 0.29) is 17.8 Å². The van der Waals surface area contributed by atoms with Gasteiger partial charge in [-0.1, -0.05) is 48.0 Å². The van der Waals surface area contributed by atoms with Crippen LogP contribution >= 0.6 is 11.6 Å². The van der Waals surface area contributed by atoms with Crippen molar-refractivity contribution in [3.05, 3.63) is 64.7 Å². The zero-order chi connectivity index (χ0) is 20.8. The molecule has 0 unspecified atom stereocenters. The van der Waals surface area contributed by atoms with Gasteiger partial charge in [0.1, 0.15) is 6.04 Å². The first-order valence-corrected chi connectivity index (χ1v) is 10.4. The lowest BCUT2D eigenvalue weighted by atomic mass is 9.94. The Kier molecular flexibility index (Phi) is 7.29. The van der Waals surface area contributed by atoms with E-state index in [0.29, 0.717) is 43.2 Å². The van der Waals surface area contributed by atoms with Crippen LogP contribution in [-0.4, -0.2) is 36.5 Å². The van der Waals surface area contributed by atoms with E-state index in [1.54, 1.807) is 6.07 Å². The number of anilines is 1. The van der Waals surface area contributed by atoms with Crippen LogP contribution in [0.25, 0.3) is 0 Å². The molecule has 0 spiro atoms. The molecule has 1 aliphatic heterocycles. The van der Waals surface area contributed by atoms with Gasteiger partial charge in [0.25, 0.3) is 0 Å². The molecule has 1 heterocycles. The molecule has 1 N–H and O–H groups in total. The molecule has 2 aromatic carbocycles. The first-order valence-electron chi connectivity index (χ1n) is 10.0. The normalized spacial score (nSPS) is 16.2. The molecule has 154 valence electrons. The molecule has 1 atom stereocenters. The number of esters is 1. The molecule has 0 bridgehead atoms. The van der Waals surface area contributed by atoms with Gasteiger partial charge in [-0.15, -0.1) is 0 Å². The lowest BCUT2D eigenvalue weighted by molar-refractivity contribution is -0.149. The minimum Gasteiger partial charge on any atom is -0.466 e. The molecule has 29 heavy (non-hydrogen) atoms. The smallest absolute Gasteiger partial charge is 0.309 e. The highest BCUT2D eigenvalue weighted by Gasteiger charge is 2.33. The number of aryl methyl sites for hydroxylation is 1. The number of likely N-dealkylation sites (tertiary alicyclic amines) is 1. The largest absolute Gasteiger partial charge is 0.466 e. The van der Waals surface area contributed by atoms with Crippen LogP contribution in [0.5, 0.6) is 0 Å². The molecule has 3 rings (SSSR count). The number of amides is 1. The van der Waals surface area contributed by atoms with Crippen LogP contribution in [0.4, 0.5) is 5.69 Å². The van der Waals surface area contributed by atoms with Crippen molar-refractivity contribution in [1.82, 2.24) is 4.90 Å². The molecule has 5 nitrogen and oxygen atoms in total. The highest BCUT2D eigenvalue weighted by Crippen LogP contribution is 2.29. The van der Waals surface area contributed by atoms with E-state index in [9.17, 15) is 9.59 Å². The summed E-state index contributed by atoms with van der Waals surface area (Å²) < 4.78 is 5.16. The predicted octanol–water partition coefficient (Wildman–Crippen LogP) is 4.60. The summed E-state index contributed by atoms with van der Waals surface area (Å²) in [7, 11) is 0. The lowest BCUT2D eigenvalue weighted by Crippen LogP contribution is -2.43. The molecule has 6 heteroatoms. The van der Waals surface area contributed by atoms with Crippen molar-refractivity contribution in [1.29, 1.82) is 0 Å². The van der Waals surface area contributed by atoms with Gasteiger partial charge in [0.2, 0.25) is 5.91 Å². The third-order valence-corrected chi connectivity index (χ3v) is 5.72. The molecule has 0 aromatic heterocycles. The lowest BCUT2D eigenvalue weighted by Gasteiger charge is -2.36. The standard InChI is InChI=1S/C23H27ClN2O3/c1-3-29-23(28)18-11-13-26(14-12-18)21(17-7-5-4-6-8-17)22(27)25-19-10-9-16(2)20(24)15-19/h4-10,15,18,21H,3,11-14H2,1-2H3,(H,25,27)/t21-/m1/s1. The van der Waals surface area contributed by atoms with E-state index >= 15 is 0 Å². The summed E-state index contributed by atoms with van der Waals surface area (Å²) in [5.74, 6) is -0.338. The highest BCUT2D eigenvalue weighted by molar-refractivity contribution is 6.31. The van der Waals surface area contributed by atoms with Crippen molar-refractivity contribution in [2.24, 2.45) is 5.92 Å². The third kappa shape index (κ3) is 5.37. The number of rotatable bonds is 6. The molecule has 1 aliphatic rings. The van der Waals surface area contributed by atoms with Crippen molar-refractivity contribution >= 4 is 29.2 Å². The average molecular weight is 415 g/mol. The number of nitrogens with one attached hydrogen (secondary N) is 1. The van der Waals surface area contributed by atoms with Crippen LogP contribution in [0.15, 0.2) is 48.5 Å². The van der Waals surface area contributed by atoms with Crippen LogP contribution in [0.2, 0.25) is 5.02 Å². The van der Waals surface area contributed by atoms with Crippen LogP contribution in [0, 0.1) is 12.8 Å². The molecule has 0 radical (unpaired) electrons. The monoisotopic (exact) mass is 414 g/mol. The summed E-state index contributed by atoms with van der Waals surface area (Å²) in [5.41, 5.74) is 2.57. The Morgan fingerprint density at radius 2 is 1.86 bits per heavy atom. The van der Waals surface area contributed by atoms with Gasteiger partial charge in [0.05, 0.1) is 12.5 Å². The molecule has 2 aromatic rings. The van der Waals surface area contributed by atoms with Gasteiger partial charge < -0.3 is 10.1 Å². The van der Waals surface area contributed by atoms with E-state index in [2.05, 4.69) is 10.2 Å². The first-order chi connectivity index (χ1) is 14.0. The van der Waals surface area contributed by atoms with Gasteiger partial charge in [0.15, 0.2) is 0 Å². The topological polar surface area (TPSA) is 58.6 Å². The predicted molar refractivity (Wildman–Crippen MR) is 115 cm³/mol. The van der Waals surface area contributed by atoms with Gasteiger partial charge in [-0.2, -0.15) is 0 Å². The third-order valence-electron chi connectivity index (χ3n) is 5.32. The number of carbonyl (C=O) groups excluding carboxylic acids is 2. The van der Waals surface area contributed by atoms with Crippen molar-refractivity contribution in [2.45, 2.75) is 32.7 Å². The second-order valence-electron chi connectivity index (χ2n) is 7.33. The maximum atomic E-state index is 13.2. The first kappa shape index (κ1) is 21.3. The van der Waals surface area contributed by atoms with Crippen LogP contribution in [-0.2, 0) is 14.3 Å². The summed E-state index contributed by atoms with van der Waals surface area (Å²) in [6.07, 6.45) is 1.37. The number of hydrogen-bond donors (Lipinski definition) is 1. The molecule has 1 fully saturated rings. The van der Waals surface area contributed by atoms with Gasteiger partial charge >= 0.3 is 5.97 Å². The fraction of sp³-hybridized carbons (Fsp3) is 0.391. The summed E-state index contributed by atoms with van der Waals surface area (Å²) in [4.78, 5) is 27.4. The minimum absolute atomic E-state index is 0.0958. The van der Waals surface area contributed by atoms with Crippen LogP contribution in [0.3, 0.4) is 0 Å². The Hall–Kier alpha value is -2.37. The SMILES string of the molecule is CCOC(=O)C1CCN([C@@H](C(=O)Nc2ccc(C)c(Cl)c2)c2ccccc2)CC1. The van der Waals surface area contributed by atoms with E-state index in [1.165, 1.54) is 0 Å². The van der Waals surface area contributed by atoms with Crippen molar-refractivity contribution in [3.63, 3.8) is 0 Å². The summed E-state index contributed by atoms with van der Waals surface area (Å²) >= 11 is 6.21. The van der Waals surface area contributed by atoms with Gasteiger partial charge in [-0.3, -0.25) is 14.5 Å². The van der Waals surface area contributed by atoms with Crippen molar-refractivity contribution in [3.8, 4) is 0 Å². The average Bonchev–Trinajstić information content (AvgIpc) is 2.72. The second kappa shape index (κ2) is 9.90. The number of nitrogens with zero attached hydrogens (tertiary/aromatic N) is 1. The maximum Gasteiger partial charge on any atom is 0.309 e. The molecule has 0 saturated carbocycles. The van der Waals surface area contributed by atoms with Crippen LogP contribution in [0.1, 0.15) is 36.9 Å². The molecular formula is C23H27ClN2O3. The Bertz CT molecular complexity index is 848. The Balaban J connectivity index is 1.76. The van der Waals surface area contributed by atoms with E-state index in [1.807, 2.05) is 56.3 Å². The van der Waals surface area contributed by atoms with Gasteiger partial charge in [-0.05, 0) is 49.9 Å². The quantitative estimate of drug-likeness (QED) is 0.701. The Labute approximate surface area is 177 Å². The van der Waals surface area contributed by atoms with E-state index < -0.39 is 6.04 Å². The van der Waals surface area contributed by atoms with Crippen molar-refractivity contribution < 1.29 is 14.3 Å². The number of hydrogen-bond acceptors (Lipinski definition) is 4. The number of piperidine rings is 1. The second-order valence-corrected chi connectivity index (χ2v) is 7.74. The summed E-state index contributed by atoms with van der Waals surface area (Å²) in [6, 6.07) is 14.8. The number of ether oxygens (including phenoxy) is 1. The highest BCUT2D eigenvalue weighted by atomic mass is 35.5. The van der Waals surface area contributed by atoms with Crippen LogP contribution < -0.4 is 5.32 Å². The number of halogens is 1. The summed E-state index contributed by atoms with van der Waals surface area (Å²) in [6.45, 7) is 5.46. The number of carbonyl (C=O) groups is 2. The van der Waals surface area contributed by atoms with E-state index in [4.69, 9.17) is 16.3 Å².